The van der Waals surface area contributed by atoms with Gasteiger partial charge >= 0.3 is 0 Å². The maximum absolute atomic E-state index is 5.95. The summed E-state index contributed by atoms with van der Waals surface area (Å²) in [5.41, 5.74) is 1.06. The molecule has 0 bridgehead atoms. The number of hydrogen-bond acceptors (Lipinski definition) is 4. The lowest BCUT2D eigenvalue weighted by molar-refractivity contribution is 0.00990. The maximum Gasteiger partial charge on any atom is 0.194 e. The second-order valence-corrected chi connectivity index (χ2v) is 6.76. The number of piperidine rings is 1. The Balaban J connectivity index is 0.00000364. The quantitative estimate of drug-likeness (QED) is 0.179. The van der Waals surface area contributed by atoms with E-state index in [1.807, 2.05) is 19.1 Å². The van der Waals surface area contributed by atoms with Crippen LogP contribution in [0, 0.1) is 0 Å². The number of nitrogens with zero attached hydrogens (tertiary/aromatic N) is 2. The summed E-state index contributed by atoms with van der Waals surface area (Å²) in [6, 6.07) is 3.92. The zero-order valence-electron chi connectivity index (χ0n) is 16.6. The molecule has 0 amide bonds. The molecular formula is C20H34IN3O3. The average molecular weight is 491 g/mol. The van der Waals surface area contributed by atoms with E-state index in [1.165, 1.54) is 0 Å². The van der Waals surface area contributed by atoms with Gasteiger partial charge in [0.2, 0.25) is 0 Å². The number of aliphatic imine (C=N–C) groups is 1. The van der Waals surface area contributed by atoms with Crippen LogP contribution in [0.4, 0.5) is 0 Å². The molecule has 1 fully saturated rings. The molecule has 1 aliphatic heterocycles. The minimum atomic E-state index is 0. The smallest absolute Gasteiger partial charge is 0.194 e. The first-order valence-corrected chi connectivity index (χ1v) is 9.49. The Morgan fingerprint density at radius 2 is 2.15 bits per heavy atom. The molecule has 154 valence electrons. The first kappa shape index (κ1) is 24.0. The number of ether oxygens (including phenoxy) is 2. The van der Waals surface area contributed by atoms with E-state index in [4.69, 9.17) is 18.9 Å². The number of rotatable bonds is 10. The summed E-state index contributed by atoms with van der Waals surface area (Å²) in [6.45, 7) is 10.9. The number of hydrogen-bond donors (Lipinski definition) is 1. The maximum atomic E-state index is 5.95. The van der Waals surface area contributed by atoms with E-state index in [1.54, 1.807) is 13.4 Å². The van der Waals surface area contributed by atoms with Gasteiger partial charge in [0.15, 0.2) is 5.96 Å². The molecule has 1 aliphatic rings. The van der Waals surface area contributed by atoms with Crippen molar-refractivity contribution in [2.24, 2.45) is 4.99 Å². The van der Waals surface area contributed by atoms with Gasteiger partial charge < -0.3 is 24.1 Å². The van der Waals surface area contributed by atoms with Crippen molar-refractivity contribution in [3.8, 4) is 0 Å². The standard InChI is InChI=1S/C20H33N3O3.HI/c1-17(2)16-22-20(21-10-7-18-6-4-14-25-18)23-11-8-19(9-12-23)26-15-5-13-24-3;/h4,6,14,19H,1,5,7-13,15-16H2,2-3H3,(H,21,22);1H. The van der Waals surface area contributed by atoms with Gasteiger partial charge in [-0.05, 0) is 38.3 Å². The van der Waals surface area contributed by atoms with Crippen LogP contribution in [-0.2, 0) is 15.9 Å². The molecule has 0 aromatic carbocycles. The van der Waals surface area contributed by atoms with E-state index in [-0.39, 0.29) is 24.0 Å². The van der Waals surface area contributed by atoms with Crippen LogP contribution < -0.4 is 5.32 Å². The molecule has 27 heavy (non-hydrogen) atoms. The predicted molar refractivity (Wildman–Crippen MR) is 120 cm³/mol. The van der Waals surface area contributed by atoms with E-state index in [0.29, 0.717) is 12.6 Å². The first-order valence-electron chi connectivity index (χ1n) is 9.49. The fraction of sp³-hybridized carbons (Fsp3) is 0.650. The zero-order chi connectivity index (χ0) is 18.6. The fourth-order valence-electron chi connectivity index (χ4n) is 2.92. The Morgan fingerprint density at radius 1 is 1.37 bits per heavy atom. The van der Waals surface area contributed by atoms with Gasteiger partial charge in [0, 0.05) is 46.4 Å². The van der Waals surface area contributed by atoms with Crippen LogP contribution in [0.1, 0.15) is 31.9 Å². The van der Waals surface area contributed by atoms with Gasteiger partial charge in [0.05, 0.1) is 18.9 Å². The lowest BCUT2D eigenvalue weighted by atomic mass is 10.1. The average Bonchev–Trinajstić information content (AvgIpc) is 3.15. The first-order chi connectivity index (χ1) is 12.7. The number of furan rings is 1. The van der Waals surface area contributed by atoms with E-state index in [2.05, 4.69) is 16.8 Å². The Bertz CT molecular complexity index is 541. The van der Waals surface area contributed by atoms with Gasteiger partial charge in [-0.25, -0.2) is 4.99 Å². The summed E-state index contributed by atoms with van der Waals surface area (Å²) >= 11 is 0. The van der Waals surface area contributed by atoms with Gasteiger partial charge in [-0.15, -0.1) is 24.0 Å². The Morgan fingerprint density at radius 3 is 2.78 bits per heavy atom. The molecule has 1 saturated heterocycles. The van der Waals surface area contributed by atoms with Gasteiger partial charge in [-0.2, -0.15) is 0 Å². The van der Waals surface area contributed by atoms with Crippen molar-refractivity contribution in [3.05, 3.63) is 36.3 Å². The van der Waals surface area contributed by atoms with Crippen molar-refractivity contribution in [1.82, 2.24) is 10.2 Å². The van der Waals surface area contributed by atoms with E-state index < -0.39 is 0 Å². The van der Waals surface area contributed by atoms with Crippen LogP contribution in [0.2, 0.25) is 0 Å². The molecule has 0 saturated carbocycles. The Hall–Kier alpha value is -1.06. The van der Waals surface area contributed by atoms with Crippen LogP contribution in [0.3, 0.4) is 0 Å². The number of methoxy groups -OCH3 is 1. The third kappa shape index (κ3) is 9.62. The molecule has 1 aromatic heterocycles. The highest BCUT2D eigenvalue weighted by molar-refractivity contribution is 14.0. The fourth-order valence-corrected chi connectivity index (χ4v) is 2.92. The highest BCUT2D eigenvalue weighted by Crippen LogP contribution is 2.14. The van der Waals surface area contributed by atoms with Crippen molar-refractivity contribution in [1.29, 1.82) is 0 Å². The van der Waals surface area contributed by atoms with Crippen molar-refractivity contribution in [3.63, 3.8) is 0 Å². The topological polar surface area (TPSA) is 59.2 Å². The highest BCUT2D eigenvalue weighted by atomic mass is 127. The summed E-state index contributed by atoms with van der Waals surface area (Å²) in [5, 5.41) is 3.48. The van der Waals surface area contributed by atoms with Crippen molar-refractivity contribution in [2.45, 2.75) is 38.7 Å². The second-order valence-electron chi connectivity index (χ2n) is 6.76. The molecule has 7 heteroatoms. The third-order valence-electron chi connectivity index (χ3n) is 4.32. The highest BCUT2D eigenvalue weighted by Gasteiger charge is 2.22. The number of likely N-dealkylation sites (tertiary alicyclic amines) is 1. The molecule has 1 N–H and O–H groups in total. The SMILES string of the molecule is C=C(C)CN=C(NCCc1ccco1)N1CCC(OCCCOC)CC1.I. The molecule has 2 heterocycles. The van der Waals surface area contributed by atoms with E-state index >= 15 is 0 Å². The molecule has 0 spiro atoms. The van der Waals surface area contributed by atoms with Gasteiger partial charge in [-0.3, -0.25) is 0 Å². The predicted octanol–water partition coefficient (Wildman–Crippen LogP) is 3.48. The Kier molecular flexibility index (Phi) is 12.4. The minimum Gasteiger partial charge on any atom is -0.469 e. The second kappa shape index (κ2) is 14.0. The minimum absolute atomic E-state index is 0. The van der Waals surface area contributed by atoms with Crippen LogP contribution >= 0.6 is 24.0 Å². The summed E-state index contributed by atoms with van der Waals surface area (Å²) < 4.78 is 16.4. The zero-order valence-corrected chi connectivity index (χ0v) is 18.9. The van der Waals surface area contributed by atoms with Crippen molar-refractivity contribution in [2.75, 3.05) is 46.5 Å². The largest absolute Gasteiger partial charge is 0.469 e. The summed E-state index contributed by atoms with van der Waals surface area (Å²) in [6.07, 6.45) is 5.91. The van der Waals surface area contributed by atoms with Crippen molar-refractivity contribution < 1.29 is 13.9 Å². The monoisotopic (exact) mass is 491 g/mol. The van der Waals surface area contributed by atoms with Crippen molar-refractivity contribution >= 4 is 29.9 Å². The lowest BCUT2D eigenvalue weighted by Crippen LogP contribution is -2.47. The van der Waals surface area contributed by atoms with Crippen LogP contribution in [0.15, 0.2) is 40.0 Å². The van der Waals surface area contributed by atoms with Gasteiger partial charge in [0.25, 0.3) is 0 Å². The number of guanidine groups is 1. The number of nitrogens with one attached hydrogen (secondary N) is 1. The molecule has 0 radical (unpaired) electrons. The van der Waals surface area contributed by atoms with Gasteiger partial charge in [0.1, 0.15) is 5.76 Å². The third-order valence-corrected chi connectivity index (χ3v) is 4.32. The molecule has 0 unspecified atom stereocenters. The molecule has 0 aliphatic carbocycles. The van der Waals surface area contributed by atoms with E-state index in [0.717, 1.165) is 75.8 Å². The van der Waals surface area contributed by atoms with E-state index in [9.17, 15) is 0 Å². The normalized spacial score (nSPS) is 15.5. The van der Waals surface area contributed by atoms with Gasteiger partial charge in [-0.1, -0.05) is 12.2 Å². The van der Waals surface area contributed by atoms with Crippen LogP contribution in [0.5, 0.6) is 0 Å². The number of halogens is 1. The Labute approximate surface area is 180 Å². The summed E-state index contributed by atoms with van der Waals surface area (Å²) in [4.78, 5) is 7.04. The van der Waals surface area contributed by atoms with Crippen LogP contribution in [0.25, 0.3) is 0 Å². The summed E-state index contributed by atoms with van der Waals surface area (Å²) in [7, 11) is 1.73. The summed E-state index contributed by atoms with van der Waals surface area (Å²) in [5.74, 6) is 1.94. The molecule has 0 atom stereocenters. The molecular weight excluding hydrogens is 457 g/mol. The molecule has 1 aromatic rings. The lowest BCUT2D eigenvalue weighted by Gasteiger charge is -2.34. The molecule has 6 nitrogen and oxygen atoms in total. The molecule has 2 rings (SSSR count). The van der Waals surface area contributed by atoms with Crippen LogP contribution in [-0.4, -0.2) is 63.5 Å².